The van der Waals surface area contributed by atoms with Gasteiger partial charge in [-0.15, -0.1) is 0 Å². The molecule has 52 valence electrons. The highest BCUT2D eigenvalue weighted by Crippen LogP contribution is 1.76. The summed E-state index contributed by atoms with van der Waals surface area (Å²) in [7, 11) is 0. The number of aliphatic hydroxyl groups excluding tert-OH is 1. The Hall–Kier alpha value is -1.10. The van der Waals surface area contributed by atoms with E-state index in [4.69, 9.17) is 5.11 Å². The lowest BCUT2D eigenvalue weighted by Crippen LogP contribution is -2.42. The van der Waals surface area contributed by atoms with Crippen LogP contribution < -0.4 is 11.1 Å². The molecule has 1 unspecified atom stereocenters. The van der Waals surface area contributed by atoms with Gasteiger partial charge in [0.15, 0.2) is 12.0 Å². The Morgan fingerprint density at radius 2 is 2.11 bits per heavy atom. The number of primary amides is 1. The Morgan fingerprint density at radius 1 is 1.67 bits per heavy atom. The van der Waals surface area contributed by atoms with Gasteiger partial charge in [-0.05, 0) is 6.92 Å². The average Bonchev–Trinajstić information content (AvgIpc) is 1.63. The summed E-state index contributed by atoms with van der Waals surface area (Å²) >= 11 is 0. The van der Waals surface area contributed by atoms with E-state index in [1.165, 1.54) is 0 Å². The predicted molar refractivity (Wildman–Crippen MR) is 29.4 cm³/mol. The van der Waals surface area contributed by atoms with Gasteiger partial charge in [0.1, 0.15) is 0 Å². The maximum absolute atomic E-state index is 10.2. The highest BCUT2D eigenvalue weighted by molar-refractivity contribution is 5.84. The molecule has 0 aromatic carbocycles. The molecule has 0 heterocycles. The number of hydrogen-bond acceptors (Lipinski definition) is 3. The third-order valence-electron chi connectivity index (χ3n) is 0.664. The third-order valence-corrected chi connectivity index (χ3v) is 0.664. The van der Waals surface area contributed by atoms with E-state index in [2.05, 4.69) is 5.73 Å². The number of urea groups is 1. The van der Waals surface area contributed by atoms with Crippen LogP contribution in [-0.4, -0.2) is 23.1 Å². The van der Waals surface area contributed by atoms with Crippen LogP contribution in [0.2, 0.25) is 0 Å². The van der Waals surface area contributed by atoms with Crippen molar-refractivity contribution in [3.63, 3.8) is 0 Å². The molecule has 0 fully saturated rings. The molecule has 0 bridgehead atoms. The van der Waals surface area contributed by atoms with Gasteiger partial charge in [0.05, 0.1) is 0 Å². The maximum Gasteiger partial charge on any atom is 0.314 e. The molecule has 9 heavy (non-hydrogen) atoms. The van der Waals surface area contributed by atoms with Gasteiger partial charge in [-0.1, -0.05) is 0 Å². The topological polar surface area (TPSA) is 92.4 Å². The fraction of sp³-hybridized carbons (Fsp3) is 0.500. The second-order valence-corrected chi connectivity index (χ2v) is 1.52. The van der Waals surface area contributed by atoms with E-state index in [-0.39, 0.29) is 0 Å². The molecule has 0 aliphatic heterocycles. The van der Waals surface area contributed by atoms with Crippen molar-refractivity contribution in [1.82, 2.24) is 5.32 Å². The minimum absolute atomic E-state index is 0.547. The van der Waals surface area contributed by atoms with E-state index in [0.29, 0.717) is 0 Å². The van der Waals surface area contributed by atoms with Gasteiger partial charge in [-0.2, -0.15) is 0 Å². The van der Waals surface area contributed by atoms with Crippen LogP contribution in [0.5, 0.6) is 0 Å². The zero-order valence-electron chi connectivity index (χ0n) is 4.92. The number of hydrogen-bond donors (Lipinski definition) is 3. The quantitative estimate of drug-likeness (QED) is 0.402. The molecule has 0 saturated heterocycles. The van der Waals surface area contributed by atoms with E-state index in [1.54, 1.807) is 5.32 Å². The lowest BCUT2D eigenvalue weighted by molar-refractivity contribution is -0.125. The number of Topliss-reactive ketones (excluding diaryl/α,β-unsaturated/α-hetero) is 1. The number of rotatable bonds is 2. The van der Waals surface area contributed by atoms with Crippen molar-refractivity contribution < 1.29 is 14.7 Å². The van der Waals surface area contributed by atoms with Gasteiger partial charge in [0, 0.05) is 0 Å². The normalized spacial score (nSPS) is 12.2. The molecule has 0 radical (unpaired) electrons. The Morgan fingerprint density at radius 3 is 2.22 bits per heavy atom. The maximum atomic E-state index is 10.2. The molecular formula is C4H8N2O3. The van der Waals surface area contributed by atoms with Crippen LogP contribution in [0.3, 0.4) is 0 Å². The first-order valence-corrected chi connectivity index (χ1v) is 2.28. The first-order valence-electron chi connectivity index (χ1n) is 2.28. The van der Waals surface area contributed by atoms with E-state index in [9.17, 15) is 9.59 Å². The van der Waals surface area contributed by atoms with Crippen LogP contribution in [0.4, 0.5) is 4.79 Å². The Balaban J connectivity index is 3.63. The largest absolute Gasteiger partial charge is 0.367 e. The first-order chi connectivity index (χ1) is 4.04. The standard InChI is InChI=1S/C4H8N2O3/c1-2(7)3(8)6-4(5)9/h3,8H,1H3,(H3,5,6,9). The molecular weight excluding hydrogens is 124 g/mol. The number of nitrogens with two attached hydrogens (primary N) is 1. The van der Waals surface area contributed by atoms with Gasteiger partial charge >= 0.3 is 6.03 Å². The van der Waals surface area contributed by atoms with Crippen molar-refractivity contribution in [2.75, 3.05) is 0 Å². The van der Waals surface area contributed by atoms with Gasteiger partial charge in [0.2, 0.25) is 0 Å². The zero-order valence-corrected chi connectivity index (χ0v) is 4.92. The van der Waals surface area contributed by atoms with E-state index in [1.807, 2.05) is 0 Å². The lowest BCUT2D eigenvalue weighted by atomic mass is 10.4. The van der Waals surface area contributed by atoms with Gasteiger partial charge in [-0.3, -0.25) is 4.79 Å². The molecule has 5 nitrogen and oxygen atoms in total. The van der Waals surface area contributed by atoms with Crippen LogP contribution in [-0.2, 0) is 4.79 Å². The summed E-state index contributed by atoms with van der Waals surface area (Å²) in [5, 5.41) is 10.3. The summed E-state index contributed by atoms with van der Waals surface area (Å²) in [4.78, 5) is 20.1. The monoisotopic (exact) mass is 132 g/mol. The van der Waals surface area contributed by atoms with Crippen molar-refractivity contribution in [2.24, 2.45) is 5.73 Å². The minimum atomic E-state index is -1.47. The molecule has 5 heteroatoms. The van der Waals surface area contributed by atoms with E-state index >= 15 is 0 Å². The molecule has 0 aromatic heterocycles. The van der Waals surface area contributed by atoms with Gasteiger partial charge < -0.3 is 16.2 Å². The molecule has 0 aromatic rings. The molecule has 4 N–H and O–H groups in total. The Bertz CT molecular complexity index is 134. The average molecular weight is 132 g/mol. The van der Waals surface area contributed by atoms with Crippen molar-refractivity contribution in [3.8, 4) is 0 Å². The lowest BCUT2D eigenvalue weighted by Gasteiger charge is -2.04. The summed E-state index contributed by atoms with van der Waals surface area (Å²) in [6.07, 6.45) is -1.47. The molecule has 2 amide bonds. The second-order valence-electron chi connectivity index (χ2n) is 1.52. The molecule has 0 rings (SSSR count). The molecule has 1 atom stereocenters. The minimum Gasteiger partial charge on any atom is -0.367 e. The van der Waals surface area contributed by atoms with Gasteiger partial charge in [-0.25, -0.2) is 4.79 Å². The number of ketones is 1. The van der Waals surface area contributed by atoms with Crippen molar-refractivity contribution in [1.29, 1.82) is 0 Å². The SMILES string of the molecule is CC(=O)C(O)NC(N)=O. The number of amides is 2. The molecule has 0 saturated carbocycles. The number of carbonyl (C=O) groups is 2. The second kappa shape index (κ2) is 3.03. The predicted octanol–water partition coefficient (Wildman–Crippen LogP) is -1.44. The first kappa shape index (κ1) is 7.90. The smallest absolute Gasteiger partial charge is 0.314 e. The summed E-state index contributed by atoms with van der Waals surface area (Å²) in [6, 6.07) is -0.919. The number of nitrogens with one attached hydrogen (secondary N) is 1. The van der Waals surface area contributed by atoms with E-state index in [0.717, 1.165) is 6.92 Å². The summed E-state index contributed by atoms with van der Waals surface area (Å²) < 4.78 is 0. The fourth-order valence-electron chi connectivity index (χ4n) is 0.236. The Kier molecular flexibility index (Phi) is 2.66. The van der Waals surface area contributed by atoms with E-state index < -0.39 is 18.0 Å². The molecule has 0 aliphatic rings. The highest BCUT2D eigenvalue weighted by Gasteiger charge is 2.09. The summed E-state index contributed by atoms with van der Waals surface area (Å²) in [5.74, 6) is -0.547. The van der Waals surface area contributed by atoms with Crippen LogP contribution in [0.1, 0.15) is 6.92 Å². The van der Waals surface area contributed by atoms with Crippen molar-refractivity contribution in [3.05, 3.63) is 0 Å². The van der Waals surface area contributed by atoms with Crippen LogP contribution >= 0.6 is 0 Å². The summed E-state index contributed by atoms with van der Waals surface area (Å²) in [6.45, 7) is 1.14. The fourth-order valence-corrected chi connectivity index (χ4v) is 0.236. The van der Waals surface area contributed by atoms with Crippen molar-refractivity contribution >= 4 is 11.8 Å². The molecule has 0 spiro atoms. The summed E-state index contributed by atoms with van der Waals surface area (Å²) in [5.41, 5.74) is 4.57. The van der Waals surface area contributed by atoms with Gasteiger partial charge in [0.25, 0.3) is 0 Å². The highest BCUT2D eigenvalue weighted by atomic mass is 16.3. The van der Waals surface area contributed by atoms with Crippen LogP contribution in [0.15, 0.2) is 0 Å². The zero-order chi connectivity index (χ0) is 7.44. The van der Waals surface area contributed by atoms with Crippen LogP contribution in [0.25, 0.3) is 0 Å². The Labute approximate surface area is 51.8 Å². The number of carbonyl (C=O) groups excluding carboxylic acids is 2. The van der Waals surface area contributed by atoms with Crippen LogP contribution in [0, 0.1) is 0 Å². The third kappa shape index (κ3) is 3.48. The number of aliphatic hydroxyl groups is 1. The van der Waals surface area contributed by atoms with Crippen molar-refractivity contribution in [2.45, 2.75) is 13.2 Å². The molecule has 0 aliphatic carbocycles.